The van der Waals surface area contributed by atoms with Gasteiger partial charge in [0, 0.05) is 11.1 Å². The number of rotatable bonds is 4. The fourth-order valence-corrected chi connectivity index (χ4v) is 3.39. The highest BCUT2D eigenvalue weighted by molar-refractivity contribution is 7.93. The molecule has 2 aromatic rings. The largest absolute Gasteiger partial charge is 0.477 e. The molecule has 0 aliphatic rings. The summed E-state index contributed by atoms with van der Waals surface area (Å²) in [5, 5.41) is 8.99. The molecule has 102 valence electrons. The molecule has 0 atom stereocenters. The normalized spacial score (nSPS) is 11.5. The van der Waals surface area contributed by atoms with E-state index in [-0.39, 0.29) is 15.7 Å². The standard InChI is InChI=1S/C10H11N3O4S2/c1-5-6(2)18-10(12-5)13-19(16,17)7-3-8(9(14)15)11-4-7/h3-4,11H,1-2H3,(H,12,13)(H,14,15). The van der Waals surface area contributed by atoms with Crippen molar-refractivity contribution in [3.8, 4) is 0 Å². The number of H-pyrrole nitrogens is 1. The highest BCUT2D eigenvalue weighted by Crippen LogP contribution is 2.24. The molecule has 7 nitrogen and oxygen atoms in total. The molecule has 0 fully saturated rings. The predicted octanol–water partition coefficient (Wildman–Crippen LogP) is 1.59. The number of aromatic amines is 1. The van der Waals surface area contributed by atoms with Crippen molar-refractivity contribution in [1.82, 2.24) is 9.97 Å². The van der Waals surface area contributed by atoms with Gasteiger partial charge in [0.05, 0.1) is 5.69 Å². The second-order valence-corrected chi connectivity index (χ2v) is 6.71. The van der Waals surface area contributed by atoms with Crippen molar-refractivity contribution in [1.29, 1.82) is 0 Å². The Balaban J connectivity index is 2.29. The van der Waals surface area contributed by atoms with E-state index in [1.807, 2.05) is 6.92 Å². The zero-order valence-electron chi connectivity index (χ0n) is 10.1. The Morgan fingerprint density at radius 1 is 1.47 bits per heavy atom. The van der Waals surface area contributed by atoms with Gasteiger partial charge in [0.2, 0.25) is 0 Å². The van der Waals surface area contributed by atoms with Crippen molar-refractivity contribution >= 4 is 32.5 Å². The third kappa shape index (κ3) is 2.76. The maximum Gasteiger partial charge on any atom is 0.352 e. The maximum absolute atomic E-state index is 12.0. The van der Waals surface area contributed by atoms with Crippen molar-refractivity contribution in [2.24, 2.45) is 0 Å². The number of aromatic carboxylic acids is 1. The Morgan fingerprint density at radius 2 is 2.16 bits per heavy atom. The monoisotopic (exact) mass is 301 g/mol. The van der Waals surface area contributed by atoms with Crippen LogP contribution in [-0.2, 0) is 10.0 Å². The smallest absolute Gasteiger partial charge is 0.352 e. The van der Waals surface area contributed by atoms with Gasteiger partial charge in [-0.2, -0.15) is 0 Å². The first-order valence-corrected chi connectivity index (χ1v) is 7.48. The molecular weight excluding hydrogens is 290 g/mol. The van der Waals surface area contributed by atoms with E-state index in [0.29, 0.717) is 0 Å². The number of hydrogen-bond acceptors (Lipinski definition) is 5. The summed E-state index contributed by atoms with van der Waals surface area (Å²) < 4.78 is 26.3. The number of carboxylic acid groups (broad SMARTS) is 1. The van der Waals surface area contributed by atoms with Gasteiger partial charge in [-0.25, -0.2) is 18.2 Å². The molecule has 9 heteroatoms. The molecule has 19 heavy (non-hydrogen) atoms. The lowest BCUT2D eigenvalue weighted by Crippen LogP contribution is -2.12. The van der Waals surface area contributed by atoms with Crippen LogP contribution in [0.3, 0.4) is 0 Å². The van der Waals surface area contributed by atoms with Crippen LogP contribution in [0.4, 0.5) is 5.13 Å². The summed E-state index contributed by atoms with van der Waals surface area (Å²) in [5.74, 6) is -1.22. The maximum atomic E-state index is 12.0. The van der Waals surface area contributed by atoms with Crippen LogP contribution in [0, 0.1) is 13.8 Å². The van der Waals surface area contributed by atoms with Gasteiger partial charge in [0.15, 0.2) is 5.13 Å². The molecule has 0 amide bonds. The number of anilines is 1. The van der Waals surface area contributed by atoms with Crippen LogP contribution in [0.15, 0.2) is 17.2 Å². The zero-order valence-corrected chi connectivity index (χ0v) is 11.7. The first kappa shape index (κ1) is 13.6. The Labute approximate surface area is 113 Å². The van der Waals surface area contributed by atoms with Crippen LogP contribution in [0.5, 0.6) is 0 Å². The molecule has 0 bridgehead atoms. The van der Waals surface area contributed by atoms with Gasteiger partial charge < -0.3 is 10.1 Å². The summed E-state index contributed by atoms with van der Waals surface area (Å²) in [5.41, 5.74) is 0.565. The Bertz CT molecular complexity index is 710. The van der Waals surface area contributed by atoms with Gasteiger partial charge in [0.25, 0.3) is 10.0 Å². The van der Waals surface area contributed by atoms with E-state index in [2.05, 4.69) is 14.7 Å². The number of aryl methyl sites for hydroxylation is 2. The van der Waals surface area contributed by atoms with Crippen LogP contribution < -0.4 is 4.72 Å². The summed E-state index contributed by atoms with van der Waals surface area (Å²) in [4.78, 5) is 17.9. The molecule has 0 unspecified atom stereocenters. The molecule has 3 N–H and O–H groups in total. The van der Waals surface area contributed by atoms with E-state index in [1.165, 1.54) is 11.3 Å². The first-order chi connectivity index (χ1) is 8.79. The Hall–Kier alpha value is -1.87. The van der Waals surface area contributed by atoms with Crippen LogP contribution >= 0.6 is 11.3 Å². The quantitative estimate of drug-likeness (QED) is 0.793. The van der Waals surface area contributed by atoms with E-state index >= 15 is 0 Å². The molecule has 0 spiro atoms. The number of aromatic nitrogens is 2. The Morgan fingerprint density at radius 3 is 2.63 bits per heavy atom. The third-order valence-electron chi connectivity index (χ3n) is 2.45. The molecule has 0 saturated carbocycles. The van der Waals surface area contributed by atoms with Gasteiger partial charge in [-0.3, -0.25) is 4.72 Å². The summed E-state index contributed by atoms with van der Waals surface area (Å²) >= 11 is 1.22. The number of nitrogens with zero attached hydrogens (tertiary/aromatic N) is 1. The summed E-state index contributed by atoms with van der Waals surface area (Å²) in [6.45, 7) is 3.62. The summed E-state index contributed by atoms with van der Waals surface area (Å²) in [6.07, 6.45) is 1.12. The number of sulfonamides is 1. The molecule has 0 radical (unpaired) electrons. The molecular formula is C10H11N3O4S2. The number of nitrogens with one attached hydrogen (secondary N) is 2. The zero-order chi connectivity index (χ0) is 14.2. The van der Waals surface area contributed by atoms with Crippen molar-refractivity contribution < 1.29 is 18.3 Å². The molecule has 2 heterocycles. The lowest BCUT2D eigenvalue weighted by Gasteiger charge is -2.01. The number of thiazole rings is 1. The molecule has 2 aromatic heterocycles. The fraction of sp³-hybridized carbons (Fsp3) is 0.200. The minimum Gasteiger partial charge on any atom is -0.477 e. The molecule has 0 saturated heterocycles. The van der Waals surface area contributed by atoms with E-state index in [0.717, 1.165) is 22.8 Å². The van der Waals surface area contributed by atoms with E-state index in [1.54, 1.807) is 6.92 Å². The highest BCUT2D eigenvalue weighted by atomic mass is 32.2. The fourth-order valence-electron chi connectivity index (χ4n) is 1.34. The van der Waals surface area contributed by atoms with Crippen LogP contribution in [0.25, 0.3) is 0 Å². The van der Waals surface area contributed by atoms with E-state index in [9.17, 15) is 13.2 Å². The van der Waals surface area contributed by atoms with Crippen molar-refractivity contribution in [3.63, 3.8) is 0 Å². The van der Waals surface area contributed by atoms with Crippen LogP contribution in [-0.4, -0.2) is 29.5 Å². The summed E-state index contributed by atoms with van der Waals surface area (Å²) in [7, 11) is -3.83. The first-order valence-electron chi connectivity index (χ1n) is 5.18. The second-order valence-electron chi connectivity index (χ2n) is 3.82. The minimum atomic E-state index is -3.83. The van der Waals surface area contributed by atoms with Crippen molar-refractivity contribution in [3.05, 3.63) is 28.5 Å². The highest BCUT2D eigenvalue weighted by Gasteiger charge is 2.20. The average molecular weight is 301 g/mol. The molecule has 0 aliphatic heterocycles. The molecule has 2 rings (SSSR count). The van der Waals surface area contributed by atoms with Gasteiger partial charge >= 0.3 is 5.97 Å². The van der Waals surface area contributed by atoms with E-state index < -0.39 is 16.0 Å². The van der Waals surface area contributed by atoms with Gasteiger partial charge in [0.1, 0.15) is 10.6 Å². The molecule has 0 aliphatic carbocycles. The minimum absolute atomic E-state index is 0.143. The van der Waals surface area contributed by atoms with Crippen LogP contribution in [0.2, 0.25) is 0 Å². The van der Waals surface area contributed by atoms with E-state index in [4.69, 9.17) is 5.11 Å². The molecule has 0 aromatic carbocycles. The predicted molar refractivity (Wildman–Crippen MR) is 70.1 cm³/mol. The number of carbonyl (C=O) groups is 1. The average Bonchev–Trinajstić information content (AvgIpc) is 2.86. The van der Waals surface area contributed by atoms with Crippen LogP contribution in [0.1, 0.15) is 21.1 Å². The van der Waals surface area contributed by atoms with Gasteiger partial charge in [-0.15, -0.1) is 11.3 Å². The van der Waals surface area contributed by atoms with Gasteiger partial charge in [-0.05, 0) is 19.9 Å². The third-order valence-corrected chi connectivity index (χ3v) is 4.88. The topological polar surface area (TPSA) is 112 Å². The number of carboxylic acids is 1. The number of hydrogen-bond donors (Lipinski definition) is 3. The Kier molecular flexibility index (Phi) is 3.33. The summed E-state index contributed by atoms with van der Waals surface area (Å²) in [6, 6.07) is 1.05. The lowest BCUT2D eigenvalue weighted by molar-refractivity contribution is 0.0691. The lowest BCUT2D eigenvalue weighted by atomic mass is 10.4. The SMILES string of the molecule is Cc1nc(NS(=O)(=O)c2c[nH]c(C(=O)O)c2)sc1C. The second kappa shape index (κ2) is 4.67. The van der Waals surface area contributed by atoms with Gasteiger partial charge in [-0.1, -0.05) is 0 Å². The van der Waals surface area contributed by atoms with Crippen molar-refractivity contribution in [2.45, 2.75) is 18.7 Å². The van der Waals surface area contributed by atoms with Crippen molar-refractivity contribution in [2.75, 3.05) is 4.72 Å².